The number of halogens is 1. The second-order valence-electron chi connectivity index (χ2n) is 1.44. The SMILES string of the molecule is Br.COc1c[c-]ccc1.[CH2-]C.[Mg+2]. The molecule has 0 aliphatic heterocycles. The summed E-state index contributed by atoms with van der Waals surface area (Å²) in [5.41, 5.74) is 0. The number of hydrogen-bond acceptors (Lipinski definition) is 1. The molecule has 0 unspecified atom stereocenters. The molecule has 3 heteroatoms. The molecule has 0 fully saturated rings. The largest absolute Gasteiger partial charge is 2.00 e. The first-order valence-electron chi connectivity index (χ1n) is 3.14. The summed E-state index contributed by atoms with van der Waals surface area (Å²) in [6.07, 6.45) is 0. The normalized spacial score (nSPS) is 6.25. The number of rotatable bonds is 1. The summed E-state index contributed by atoms with van der Waals surface area (Å²) in [5.74, 6) is 0.854. The summed E-state index contributed by atoms with van der Waals surface area (Å²) in [6, 6.07) is 10.3. The van der Waals surface area contributed by atoms with Gasteiger partial charge in [-0.25, -0.2) is 0 Å². The molecule has 1 aromatic carbocycles. The van der Waals surface area contributed by atoms with Crippen molar-refractivity contribution in [3.05, 3.63) is 37.3 Å². The maximum absolute atomic E-state index is 4.88. The molecular formula is C9H13BrMgO. The van der Waals surface area contributed by atoms with Crippen molar-refractivity contribution in [1.82, 2.24) is 0 Å². The van der Waals surface area contributed by atoms with E-state index in [4.69, 9.17) is 4.74 Å². The average Bonchev–Trinajstić information content (AvgIpc) is 2.10. The van der Waals surface area contributed by atoms with E-state index in [2.05, 4.69) is 13.0 Å². The Morgan fingerprint density at radius 2 is 2.00 bits per heavy atom. The number of benzene rings is 1. The van der Waals surface area contributed by atoms with Crippen LogP contribution >= 0.6 is 17.0 Å². The van der Waals surface area contributed by atoms with Gasteiger partial charge in [0.05, 0.1) is 7.11 Å². The number of hydrogen-bond donors (Lipinski definition) is 0. The fourth-order valence-corrected chi connectivity index (χ4v) is 0.504. The van der Waals surface area contributed by atoms with Crippen molar-refractivity contribution in [2.75, 3.05) is 7.11 Å². The van der Waals surface area contributed by atoms with Gasteiger partial charge in [-0.1, -0.05) is 0 Å². The molecule has 12 heavy (non-hydrogen) atoms. The van der Waals surface area contributed by atoms with E-state index in [0.717, 1.165) is 5.75 Å². The predicted molar refractivity (Wildman–Crippen MR) is 58.9 cm³/mol. The van der Waals surface area contributed by atoms with E-state index in [-0.39, 0.29) is 40.0 Å². The fraction of sp³-hybridized carbons (Fsp3) is 0.222. The molecule has 0 amide bonds. The van der Waals surface area contributed by atoms with Crippen molar-refractivity contribution < 1.29 is 4.74 Å². The van der Waals surface area contributed by atoms with E-state index in [9.17, 15) is 0 Å². The standard InChI is InChI=1S/C7H7O.C2H5.BrH.Mg/c1-8-7-5-3-2-4-6-7;1-2;;/h2-3,5-6H,1H3;1H2,2H3;1H;/q2*-1;;+2. The van der Waals surface area contributed by atoms with Crippen LogP contribution in [0.4, 0.5) is 0 Å². The van der Waals surface area contributed by atoms with Gasteiger partial charge in [0, 0.05) is 5.75 Å². The third-order valence-electron chi connectivity index (χ3n) is 0.914. The minimum atomic E-state index is 0. The molecule has 0 saturated heterocycles. The monoisotopic (exact) mass is 240 g/mol. The molecule has 1 aromatic rings. The summed E-state index contributed by atoms with van der Waals surface area (Å²) in [7, 11) is 1.64. The van der Waals surface area contributed by atoms with Gasteiger partial charge in [0.1, 0.15) is 0 Å². The van der Waals surface area contributed by atoms with Crippen molar-refractivity contribution in [3.8, 4) is 5.75 Å². The molecule has 0 aliphatic rings. The molecular weight excluding hydrogens is 228 g/mol. The van der Waals surface area contributed by atoms with Crippen molar-refractivity contribution in [1.29, 1.82) is 0 Å². The molecule has 0 radical (unpaired) electrons. The Hall–Kier alpha value is 0.266. The van der Waals surface area contributed by atoms with Crippen LogP contribution in [-0.4, -0.2) is 30.2 Å². The topological polar surface area (TPSA) is 9.23 Å². The average molecular weight is 241 g/mol. The van der Waals surface area contributed by atoms with E-state index in [0.29, 0.717) is 0 Å². The van der Waals surface area contributed by atoms with Crippen LogP contribution in [-0.2, 0) is 0 Å². The Morgan fingerprint density at radius 1 is 1.42 bits per heavy atom. The smallest absolute Gasteiger partial charge is 0.554 e. The molecule has 1 nitrogen and oxygen atoms in total. The molecule has 1 rings (SSSR count). The minimum Gasteiger partial charge on any atom is -0.554 e. The second-order valence-corrected chi connectivity index (χ2v) is 1.44. The number of methoxy groups -OCH3 is 1. The third-order valence-corrected chi connectivity index (χ3v) is 0.914. The molecule has 0 aliphatic carbocycles. The van der Waals surface area contributed by atoms with Crippen LogP contribution in [0, 0.1) is 13.0 Å². The maximum atomic E-state index is 4.88. The van der Waals surface area contributed by atoms with Crippen molar-refractivity contribution >= 4 is 40.0 Å². The molecule has 0 heterocycles. The van der Waals surface area contributed by atoms with Gasteiger partial charge in [-0.15, -0.1) is 29.1 Å². The molecule has 0 saturated carbocycles. The third kappa shape index (κ3) is 8.36. The van der Waals surface area contributed by atoms with E-state index in [1.54, 1.807) is 20.1 Å². The van der Waals surface area contributed by atoms with Gasteiger partial charge in [0.2, 0.25) is 0 Å². The van der Waals surface area contributed by atoms with Crippen molar-refractivity contribution in [3.63, 3.8) is 0 Å². The van der Waals surface area contributed by atoms with Gasteiger partial charge in [-0.05, 0) is 0 Å². The molecule has 0 spiro atoms. The van der Waals surface area contributed by atoms with Crippen molar-refractivity contribution in [2.45, 2.75) is 6.92 Å². The first-order valence-corrected chi connectivity index (χ1v) is 3.14. The van der Waals surface area contributed by atoms with Gasteiger partial charge in [-0.2, -0.15) is 25.1 Å². The van der Waals surface area contributed by atoms with E-state index >= 15 is 0 Å². The minimum absolute atomic E-state index is 0. The van der Waals surface area contributed by atoms with Crippen LogP contribution in [0.5, 0.6) is 5.75 Å². The summed E-state index contributed by atoms with van der Waals surface area (Å²) in [5, 5.41) is 0. The first-order chi connectivity index (χ1) is 4.93. The zero-order chi connectivity index (χ0) is 7.82. The van der Waals surface area contributed by atoms with Crippen LogP contribution in [0.25, 0.3) is 0 Å². The van der Waals surface area contributed by atoms with Crippen LogP contribution in [0.15, 0.2) is 24.3 Å². The second kappa shape index (κ2) is 13.8. The van der Waals surface area contributed by atoms with Gasteiger partial charge in [0.15, 0.2) is 0 Å². The van der Waals surface area contributed by atoms with E-state index < -0.39 is 0 Å². The molecule has 64 valence electrons. The molecule has 0 bridgehead atoms. The molecule has 0 N–H and O–H groups in total. The van der Waals surface area contributed by atoms with Gasteiger partial charge >= 0.3 is 23.1 Å². The van der Waals surface area contributed by atoms with Crippen LogP contribution in [0.2, 0.25) is 0 Å². The Bertz CT molecular complexity index is 156. The summed E-state index contributed by atoms with van der Waals surface area (Å²) >= 11 is 0. The number of ether oxygens (including phenoxy) is 1. The summed E-state index contributed by atoms with van der Waals surface area (Å²) in [4.78, 5) is 0. The van der Waals surface area contributed by atoms with Gasteiger partial charge < -0.3 is 11.7 Å². The first kappa shape index (κ1) is 18.1. The fourth-order valence-electron chi connectivity index (χ4n) is 0.504. The van der Waals surface area contributed by atoms with Crippen molar-refractivity contribution in [2.24, 2.45) is 0 Å². The van der Waals surface area contributed by atoms with Crippen LogP contribution < -0.4 is 4.74 Å². The Kier molecular flexibility index (Phi) is 20.9. The van der Waals surface area contributed by atoms with E-state index in [1.165, 1.54) is 0 Å². The summed E-state index contributed by atoms with van der Waals surface area (Å²) < 4.78 is 4.88. The zero-order valence-electron chi connectivity index (χ0n) is 7.54. The van der Waals surface area contributed by atoms with E-state index in [1.807, 2.05) is 18.2 Å². The molecule has 0 aromatic heterocycles. The molecule has 0 atom stereocenters. The summed E-state index contributed by atoms with van der Waals surface area (Å²) in [6.45, 7) is 5.00. The quantitative estimate of drug-likeness (QED) is 0.542. The predicted octanol–water partition coefficient (Wildman–Crippen LogP) is 2.53. The zero-order valence-corrected chi connectivity index (χ0v) is 10.7. The van der Waals surface area contributed by atoms with Crippen LogP contribution in [0.3, 0.4) is 0 Å². The van der Waals surface area contributed by atoms with Gasteiger partial charge in [-0.3, -0.25) is 0 Å². The maximum Gasteiger partial charge on any atom is 2.00 e. The Balaban J connectivity index is -0.000000189. The van der Waals surface area contributed by atoms with Crippen LogP contribution in [0.1, 0.15) is 6.92 Å². The Labute approximate surface area is 101 Å². The van der Waals surface area contributed by atoms with Gasteiger partial charge in [0.25, 0.3) is 0 Å². The Morgan fingerprint density at radius 3 is 2.25 bits per heavy atom.